The van der Waals surface area contributed by atoms with Gasteiger partial charge in [0.25, 0.3) is 0 Å². The number of carbonyl (C=O) groups excluding carboxylic acids is 1. The molecule has 1 fully saturated rings. The molecule has 17 heavy (non-hydrogen) atoms. The van der Waals surface area contributed by atoms with Gasteiger partial charge in [-0.1, -0.05) is 19.3 Å². The molecule has 3 N–H and O–H groups in total. The molecule has 0 spiro atoms. The van der Waals surface area contributed by atoms with E-state index in [0.29, 0.717) is 11.7 Å². The number of nitrogens with one attached hydrogen (secondary N) is 1. The van der Waals surface area contributed by atoms with Crippen LogP contribution < -0.4 is 11.1 Å². The van der Waals surface area contributed by atoms with E-state index in [1.54, 1.807) is 17.1 Å². The van der Waals surface area contributed by atoms with E-state index >= 15 is 0 Å². The molecule has 1 aromatic heterocycles. The van der Waals surface area contributed by atoms with Crippen LogP contribution in [0.2, 0.25) is 0 Å². The zero-order valence-electron chi connectivity index (χ0n) is 10.2. The Hall–Kier alpha value is -1.52. The summed E-state index contributed by atoms with van der Waals surface area (Å²) in [6, 6.07) is 0.0424. The first kappa shape index (κ1) is 12.0. The minimum Gasteiger partial charge on any atom is -0.396 e. The van der Waals surface area contributed by atoms with Crippen LogP contribution in [0.4, 0.5) is 5.69 Å². The minimum absolute atomic E-state index is 0.0278. The normalized spacial score (nSPS) is 18.9. The largest absolute Gasteiger partial charge is 0.396 e. The molecule has 1 aliphatic carbocycles. The van der Waals surface area contributed by atoms with Crippen molar-refractivity contribution >= 4 is 11.6 Å². The molecule has 0 aromatic carbocycles. The lowest BCUT2D eigenvalue weighted by Gasteiger charge is -2.24. The molecule has 0 bridgehead atoms. The zero-order chi connectivity index (χ0) is 12.3. The summed E-state index contributed by atoms with van der Waals surface area (Å²) in [5, 5.41) is 7.15. The zero-order valence-corrected chi connectivity index (χ0v) is 10.2. The van der Waals surface area contributed by atoms with Gasteiger partial charge in [0.1, 0.15) is 6.04 Å². The van der Waals surface area contributed by atoms with Gasteiger partial charge in [-0.2, -0.15) is 5.10 Å². The summed E-state index contributed by atoms with van der Waals surface area (Å²) in [5.74, 6) is 0.0278. The molecule has 0 aliphatic heterocycles. The molecule has 1 unspecified atom stereocenters. The van der Waals surface area contributed by atoms with Crippen LogP contribution in [0.15, 0.2) is 12.4 Å². The lowest BCUT2D eigenvalue weighted by atomic mass is 9.95. The summed E-state index contributed by atoms with van der Waals surface area (Å²) in [4.78, 5) is 12.0. The first-order valence-electron chi connectivity index (χ1n) is 6.27. The second-order valence-electron chi connectivity index (χ2n) is 4.77. The van der Waals surface area contributed by atoms with E-state index in [1.165, 1.54) is 19.3 Å². The summed E-state index contributed by atoms with van der Waals surface area (Å²) < 4.78 is 1.60. The summed E-state index contributed by atoms with van der Waals surface area (Å²) >= 11 is 0. The average Bonchev–Trinajstić information content (AvgIpc) is 2.76. The van der Waals surface area contributed by atoms with Gasteiger partial charge >= 0.3 is 0 Å². The third-order valence-corrected chi connectivity index (χ3v) is 3.35. The molecule has 1 heterocycles. The molecule has 0 radical (unpaired) electrons. The number of nitrogens with zero attached hydrogens (tertiary/aromatic N) is 2. The van der Waals surface area contributed by atoms with Crippen LogP contribution in [0.1, 0.15) is 45.1 Å². The number of aromatic nitrogens is 2. The Bertz CT molecular complexity index is 382. The summed E-state index contributed by atoms with van der Waals surface area (Å²) in [6.07, 6.45) is 9.16. The molecule has 94 valence electrons. The molecule has 5 heteroatoms. The van der Waals surface area contributed by atoms with Gasteiger partial charge in [0.05, 0.1) is 11.9 Å². The van der Waals surface area contributed by atoms with Crippen LogP contribution >= 0.6 is 0 Å². The maximum absolute atomic E-state index is 12.0. The Morgan fingerprint density at radius 2 is 2.24 bits per heavy atom. The van der Waals surface area contributed by atoms with Crippen molar-refractivity contribution < 1.29 is 4.79 Å². The molecule has 1 atom stereocenters. The van der Waals surface area contributed by atoms with Gasteiger partial charge in [0.15, 0.2) is 0 Å². The van der Waals surface area contributed by atoms with E-state index in [-0.39, 0.29) is 11.9 Å². The van der Waals surface area contributed by atoms with Crippen molar-refractivity contribution in [2.75, 3.05) is 5.73 Å². The van der Waals surface area contributed by atoms with Gasteiger partial charge in [0.2, 0.25) is 5.91 Å². The van der Waals surface area contributed by atoms with Gasteiger partial charge in [-0.25, -0.2) is 0 Å². The Labute approximate surface area is 101 Å². The van der Waals surface area contributed by atoms with E-state index in [0.717, 1.165) is 12.8 Å². The van der Waals surface area contributed by atoms with Gasteiger partial charge in [0, 0.05) is 12.2 Å². The maximum Gasteiger partial charge on any atom is 0.244 e. The Morgan fingerprint density at radius 3 is 2.82 bits per heavy atom. The van der Waals surface area contributed by atoms with E-state index in [4.69, 9.17) is 5.73 Å². The average molecular weight is 236 g/mol. The monoisotopic (exact) mass is 236 g/mol. The first-order valence-corrected chi connectivity index (χ1v) is 6.27. The fourth-order valence-electron chi connectivity index (χ4n) is 2.25. The van der Waals surface area contributed by atoms with Crippen LogP contribution in [0.3, 0.4) is 0 Å². The number of rotatable bonds is 3. The highest BCUT2D eigenvalue weighted by molar-refractivity contribution is 5.80. The van der Waals surface area contributed by atoms with Crippen molar-refractivity contribution in [3.8, 4) is 0 Å². The maximum atomic E-state index is 12.0. The van der Waals surface area contributed by atoms with Crippen LogP contribution in [-0.4, -0.2) is 21.7 Å². The lowest BCUT2D eigenvalue weighted by Crippen LogP contribution is -2.40. The van der Waals surface area contributed by atoms with Crippen molar-refractivity contribution in [1.82, 2.24) is 15.1 Å². The van der Waals surface area contributed by atoms with Crippen LogP contribution in [0.25, 0.3) is 0 Å². The number of hydrogen-bond acceptors (Lipinski definition) is 3. The van der Waals surface area contributed by atoms with Crippen molar-refractivity contribution in [1.29, 1.82) is 0 Å². The second-order valence-corrected chi connectivity index (χ2v) is 4.77. The highest BCUT2D eigenvalue weighted by atomic mass is 16.2. The number of carbonyl (C=O) groups is 1. The molecule has 5 nitrogen and oxygen atoms in total. The standard InChI is InChI=1S/C12H20N4O/c1-9(16-8-10(13)7-14-16)12(17)15-11-5-3-2-4-6-11/h7-9,11H,2-6,13H2,1H3,(H,15,17). The summed E-state index contributed by atoms with van der Waals surface area (Å²) in [5.41, 5.74) is 6.17. The van der Waals surface area contributed by atoms with Gasteiger partial charge in [-0.05, 0) is 19.8 Å². The molecule has 0 saturated heterocycles. The molecular weight excluding hydrogens is 216 g/mol. The van der Waals surface area contributed by atoms with E-state index < -0.39 is 0 Å². The fourth-order valence-corrected chi connectivity index (χ4v) is 2.25. The molecule has 1 aliphatic rings. The van der Waals surface area contributed by atoms with Crippen molar-refractivity contribution in [3.05, 3.63) is 12.4 Å². The number of amides is 1. The number of anilines is 1. The van der Waals surface area contributed by atoms with E-state index in [2.05, 4.69) is 10.4 Å². The Morgan fingerprint density at radius 1 is 1.53 bits per heavy atom. The summed E-state index contributed by atoms with van der Waals surface area (Å²) in [6.45, 7) is 1.84. The highest BCUT2D eigenvalue weighted by Crippen LogP contribution is 2.18. The smallest absolute Gasteiger partial charge is 0.244 e. The van der Waals surface area contributed by atoms with Crippen LogP contribution in [0.5, 0.6) is 0 Å². The highest BCUT2D eigenvalue weighted by Gasteiger charge is 2.20. The molecular formula is C12H20N4O. The first-order chi connectivity index (χ1) is 8.16. The number of nitrogen functional groups attached to an aromatic ring is 1. The van der Waals surface area contributed by atoms with Crippen molar-refractivity contribution in [3.63, 3.8) is 0 Å². The molecule has 1 saturated carbocycles. The van der Waals surface area contributed by atoms with E-state index in [1.807, 2.05) is 6.92 Å². The Kier molecular flexibility index (Phi) is 3.66. The molecule has 1 aromatic rings. The SMILES string of the molecule is CC(C(=O)NC1CCCCC1)n1cc(N)cn1. The van der Waals surface area contributed by atoms with Crippen LogP contribution in [-0.2, 0) is 4.79 Å². The molecule has 1 amide bonds. The van der Waals surface area contributed by atoms with Gasteiger partial charge in [-0.15, -0.1) is 0 Å². The Balaban J connectivity index is 1.90. The van der Waals surface area contributed by atoms with Gasteiger partial charge < -0.3 is 11.1 Å². The topological polar surface area (TPSA) is 72.9 Å². The van der Waals surface area contributed by atoms with Crippen molar-refractivity contribution in [2.45, 2.75) is 51.1 Å². The van der Waals surface area contributed by atoms with Gasteiger partial charge in [-0.3, -0.25) is 9.48 Å². The number of nitrogens with two attached hydrogens (primary N) is 1. The second kappa shape index (κ2) is 5.21. The quantitative estimate of drug-likeness (QED) is 0.834. The molecule has 2 rings (SSSR count). The summed E-state index contributed by atoms with van der Waals surface area (Å²) in [7, 11) is 0. The predicted octanol–water partition coefficient (Wildman–Crippen LogP) is 1.48. The van der Waals surface area contributed by atoms with Crippen LogP contribution in [0, 0.1) is 0 Å². The lowest BCUT2D eigenvalue weighted by molar-refractivity contribution is -0.125. The third kappa shape index (κ3) is 2.99. The third-order valence-electron chi connectivity index (χ3n) is 3.35. The predicted molar refractivity (Wildman–Crippen MR) is 66.4 cm³/mol. The number of hydrogen-bond donors (Lipinski definition) is 2. The minimum atomic E-state index is -0.297. The van der Waals surface area contributed by atoms with Crippen molar-refractivity contribution in [2.24, 2.45) is 0 Å². The van der Waals surface area contributed by atoms with E-state index in [9.17, 15) is 4.79 Å². The fraction of sp³-hybridized carbons (Fsp3) is 0.667.